The molecule has 1 saturated heterocycles. The summed E-state index contributed by atoms with van der Waals surface area (Å²) in [6.07, 6.45) is 5.74. The number of fused-ring (bicyclic) bond motifs is 2. The lowest BCUT2D eigenvalue weighted by Gasteiger charge is -2.33. The van der Waals surface area contributed by atoms with E-state index in [0.717, 1.165) is 60.4 Å². The van der Waals surface area contributed by atoms with E-state index in [1.165, 1.54) is 0 Å². The van der Waals surface area contributed by atoms with Crippen LogP contribution in [0, 0.1) is 5.92 Å². The number of carbonyl (C=O) groups is 1. The normalized spacial score (nSPS) is 18.6. The molecule has 194 valence electrons. The highest BCUT2D eigenvalue weighted by Gasteiger charge is 2.35. The maximum atomic E-state index is 12.6. The van der Waals surface area contributed by atoms with Crippen molar-refractivity contribution in [2.24, 2.45) is 5.92 Å². The molecule has 0 spiro atoms. The van der Waals surface area contributed by atoms with Crippen molar-refractivity contribution in [3.63, 3.8) is 0 Å². The van der Waals surface area contributed by atoms with E-state index in [1.807, 2.05) is 51.9 Å². The van der Waals surface area contributed by atoms with E-state index in [-0.39, 0.29) is 18.8 Å². The molecule has 0 bridgehead atoms. The second-order valence-corrected chi connectivity index (χ2v) is 9.97. The fourth-order valence-electron chi connectivity index (χ4n) is 5.26. The first-order valence-electron chi connectivity index (χ1n) is 13.0. The molecular formula is C28H28N6O4. The van der Waals surface area contributed by atoms with E-state index in [2.05, 4.69) is 10.3 Å². The molecule has 0 radical (unpaired) electrons. The lowest BCUT2D eigenvalue weighted by molar-refractivity contribution is -0.133. The summed E-state index contributed by atoms with van der Waals surface area (Å²) in [5, 5.41) is 3.48. The van der Waals surface area contributed by atoms with Gasteiger partial charge in [0.1, 0.15) is 17.4 Å². The van der Waals surface area contributed by atoms with Crippen LogP contribution in [0.1, 0.15) is 25.7 Å². The predicted molar refractivity (Wildman–Crippen MR) is 141 cm³/mol. The van der Waals surface area contributed by atoms with Crippen LogP contribution in [0.5, 0.6) is 17.2 Å². The van der Waals surface area contributed by atoms with Crippen LogP contribution in [-0.2, 0) is 4.79 Å². The van der Waals surface area contributed by atoms with Gasteiger partial charge in [-0.25, -0.2) is 9.97 Å². The molecule has 1 saturated carbocycles. The molecule has 2 fully saturated rings. The van der Waals surface area contributed by atoms with Crippen LogP contribution in [0.25, 0.3) is 28.2 Å². The molecule has 2 aliphatic heterocycles. The van der Waals surface area contributed by atoms with Crippen LogP contribution in [-0.4, -0.2) is 63.4 Å². The number of ether oxygens (including phenoxy) is 3. The molecule has 1 aliphatic carbocycles. The fourth-order valence-corrected chi connectivity index (χ4v) is 5.26. The first-order chi connectivity index (χ1) is 18.7. The molecule has 4 heterocycles. The zero-order valence-electron chi connectivity index (χ0n) is 21.1. The number of hydrogen-bond acceptors (Lipinski definition) is 8. The molecule has 10 nitrogen and oxygen atoms in total. The minimum atomic E-state index is 0.110. The van der Waals surface area contributed by atoms with E-state index < -0.39 is 0 Å². The molecule has 3 aliphatic rings. The van der Waals surface area contributed by atoms with Crippen molar-refractivity contribution in [2.75, 3.05) is 32.3 Å². The van der Waals surface area contributed by atoms with Gasteiger partial charge < -0.3 is 24.4 Å². The maximum absolute atomic E-state index is 12.6. The van der Waals surface area contributed by atoms with Gasteiger partial charge in [0, 0.05) is 42.9 Å². The lowest BCUT2D eigenvalue weighted by Crippen LogP contribution is -2.45. The third kappa shape index (κ3) is 4.15. The Bertz CT molecular complexity index is 1530. The molecule has 7 rings (SSSR count). The average molecular weight is 513 g/mol. The molecule has 2 aromatic heterocycles. The molecule has 1 atom stereocenters. The zero-order valence-corrected chi connectivity index (χ0v) is 21.1. The zero-order chi connectivity index (χ0) is 25.6. The van der Waals surface area contributed by atoms with Crippen molar-refractivity contribution in [1.29, 1.82) is 0 Å². The SMILES string of the molecule is COc1ccc2c(c1)nc(-c1ccc3c(c1)OCO3)n2-c1ccnc(N[C@H]2CCCN(C(=O)C3CC3)C2)n1. The number of anilines is 1. The number of likely N-dealkylation sites (tertiary alicyclic amines) is 1. The molecule has 1 amide bonds. The molecule has 38 heavy (non-hydrogen) atoms. The van der Waals surface area contributed by atoms with Crippen LogP contribution >= 0.6 is 0 Å². The quantitative estimate of drug-likeness (QED) is 0.413. The van der Waals surface area contributed by atoms with Crippen molar-refractivity contribution in [2.45, 2.75) is 31.7 Å². The first-order valence-corrected chi connectivity index (χ1v) is 13.0. The van der Waals surface area contributed by atoms with Gasteiger partial charge in [0.25, 0.3) is 0 Å². The standard InChI is InChI=1S/C28H28N6O4/c1-36-20-7-8-22-21(14-20)31-26(18-6-9-23-24(13-18)38-16-37-23)34(22)25-10-11-29-28(32-25)30-19-3-2-12-33(15-19)27(35)17-4-5-17/h6-11,13-14,17,19H,2-5,12,15-16H2,1H3,(H,29,30,32)/t19-/m0/s1. The summed E-state index contributed by atoms with van der Waals surface area (Å²) >= 11 is 0. The van der Waals surface area contributed by atoms with Gasteiger partial charge >= 0.3 is 0 Å². The monoisotopic (exact) mass is 512 g/mol. The van der Waals surface area contributed by atoms with Crippen molar-refractivity contribution >= 4 is 22.9 Å². The van der Waals surface area contributed by atoms with Gasteiger partial charge in [-0.3, -0.25) is 9.36 Å². The van der Waals surface area contributed by atoms with Crippen LogP contribution in [0.3, 0.4) is 0 Å². The van der Waals surface area contributed by atoms with E-state index in [4.69, 9.17) is 24.2 Å². The minimum Gasteiger partial charge on any atom is -0.497 e. The Balaban J connectivity index is 1.24. The number of imidazole rings is 1. The molecule has 4 aromatic rings. The van der Waals surface area contributed by atoms with Crippen LogP contribution in [0.15, 0.2) is 48.7 Å². The summed E-state index contributed by atoms with van der Waals surface area (Å²) < 4.78 is 18.6. The third-order valence-electron chi connectivity index (χ3n) is 7.36. The van der Waals surface area contributed by atoms with Crippen LogP contribution < -0.4 is 19.5 Å². The van der Waals surface area contributed by atoms with E-state index in [1.54, 1.807) is 13.3 Å². The summed E-state index contributed by atoms with van der Waals surface area (Å²) in [6, 6.07) is 13.6. The Morgan fingerprint density at radius 3 is 2.82 bits per heavy atom. The van der Waals surface area contributed by atoms with Crippen molar-refractivity contribution in [3.8, 4) is 34.5 Å². The van der Waals surface area contributed by atoms with Gasteiger partial charge in [0.2, 0.25) is 18.6 Å². The number of aromatic nitrogens is 4. The lowest BCUT2D eigenvalue weighted by atomic mass is 10.1. The summed E-state index contributed by atoms with van der Waals surface area (Å²) in [5.74, 6) is 4.59. The second-order valence-electron chi connectivity index (χ2n) is 9.97. The molecule has 10 heteroatoms. The smallest absolute Gasteiger partial charge is 0.231 e. The number of benzene rings is 2. The number of hydrogen-bond donors (Lipinski definition) is 1. The van der Waals surface area contributed by atoms with Gasteiger partial charge in [0.15, 0.2) is 11.5 Å². The Labute approximate surface area is 219 Å². The Hall–Kier alpha value is -4.34. The Morgan fingerprint density at radius 2 is 1.95 bits per heavy atom. The Kier molecular flexibility index (Phi) is 5.52. The van der Waals surface area contributed by atoms with E-state index >= 15 is 0 Å². The predicted octanol–water partition coefficient (Wildman–Crippen LogP) is 4.03. The average Bonchev–Trinajstić information content (AvgIpc) is 3.57. The van der Waals surface area contributed by atoms with Gasteiger partial charge in [0.05, 0.1) is 18.1 Å². The number of nitrogens with zero attached hydrogens (tertiary/aromatic N) is 5. The second kappa shape index (κ2) is 9.20. The number of rotatable bonds is 6. The van der Waals surface area contributed by atoms with Crippen LogP contribution in [0.4, 0.5) is 5.95 Å². The number of piperidine rings is 1. The number of amides is 1. The highest BCUT2D eigenvalue weighted by molar-refractivity contribution is 5.84. The first kappa shape index (κ1) is 22.8. The highest BCUT2D eigenvalue weighted by atomic mass is 16.7. The van der Waals surface area contributed by atoms with Gasteiger partial charge in [-0.05, 0) is 62.1 Å². The van der Waals surface area contributed by atoms with Crippen molar-refractivity contribution < 1.29 is 19.0 Å². The van der Waals surface area contributed by atoms with Crippen molar-refractivity contribution in [1.82, 2.24) is 24.4 Å². The fraction of sp³-hybridized carbons (Fsp3) is 0.357. The number of nitrogens with one attached hydrogen (secondary N) is 1. The largest absolute Gasteiger partial charge is 0.497 e. The number of methoxy groups -OCH3 is 1. The number of carbonyl (C=O) groups excluding carboxylic acids is 1. The topological polar surface area (TPSA) is 104 Å². The Morgan fingerprint density at radius 1 is 1.05 bits per heavy atom. The van der Waals surface area contributed by atoms with E-state index in [9.17, 15) is 4.79 Å². The van der Waals surface area contributed by atoms with Gasteiger partial charge in [-0.1, -0.05) is 0 Å². The van der Waals surface area contributed by atoms with E-state index in [0.29, 0.717) is 35.7 Å². The van der Waals surface area contributed by atoms with Crippen LogP contribution in [0.2, 0.25) is 0 Å². The molecule has 1 N–H and O–H groups in total. The summed E-state index contributed by atoms with van der Waals surface area (Å²) in [6.45, 7) is 1.72. The summed E-state index contributed by atoms with van der Waals surface area (Å²) in [5.41, 5.74) is 2.55. The summed E-state index contributed by atoms with van der Waals surface area (Å²) in [4.78, 5) is 29.0. The van der Waals surface area contributed by atoms with Gasteiger partial charge in [-0.2, -0.15) is 4.98 Å². The molecular weight excluding hydrogens is 484 g/mol. The molecule has 0 unspecified atom stereocenters. The molecule has 2 aromatic carbocycles. The maximum Gasteiger partial charge on any atom is 0.231 e. The van der Waals surface area contributed by atoms with Crippen molar-refractivity contribution in [3.05, 3.63) is 48.7 Å². The third-order valence-corrected chi connectivity index (χ3v) is 7.36. The highest BCUT2D eigenvalue weighted by Crippen LogP contribution is 2.38. The summed E-state index contributed by atoms with van der Waals surface area (Å²) in [7, 11) is 1.64. The minimum absolute atomic E-state index is 0.110. The van der Waals surface area contributed by atoms with Gasteiger partial charge in [-0.15, -0.1) is 0 Å².